The number of para-hydroxylation sites is 4. The molecule has 6 aromatic carbocycles. The zero-order valence-electron chi connectivity index (χ0n) is 25.6. The summed E-state index contributed by atoms with van der Waals surface area (Å²) in [5.41, 5.74) is 10.8. The molecule has 0 N–H and O–H groups in total. The molecule has 8 aromatic rings. The molecule has 0 aliphatic rings. The van der Waals surface area contributed by atoms with Crippen molar-refractivity contribution in [3.8, 4) is 22.8 Å². The largest absolute Gasteiger partial charge is 0.309 e. The molecule has 2 aromatic heterocycles. The molecule has 8 rings (SSSR count). The molecule has 2 heterocycles. The van der Waals surface area contributed by atoms with Crippen LogP contribution in [-0.2, 0) is 0 Å². The zero-order chi connectivity index (χ0) is 29.9. The normalized spacial score (nSPS) is 12.0. The molecule has 0 amide bonds. The SMILES string of the molecule is CC(C)c1cccc(C(C)C)c1-n1c(-c2ccc3c(c2)c2c4ccccc4ccc2n3-c2ccccc2)nc2ccccc21. The lowest BCUT2D eigenvalue weighted by Gasteiger charge is -2.22. The Hall–Kier alpha value is -5.15. The van der Waals surface area contributed by atoms with E-state index in [1.807, 2.05) is 0 Å². The van der Waals surface area contributed by atoms with Crippen LogP contribution in [0.15, 0.2) is 127 Å². The van der Waals surface area contributed by atoms with Crippen LogP contribution in [-0.4, -0.2) is 14.1 Å². The van der Waals surface area contributed by atoms with Gasteiger partial charge in [0.2, 0.25) is 0 Å². The van der Waals surface area contributed by atoms with E-state index in [1.165, 1.54) is 49.4 Å². The zero-order valence-corrected chi connectivity index (χ0v) is 25.6. The Morgan fingerprint density at radius 1 is 0.523 bits per heavy atom. The van der Waals surface area contributed by atoms with E-state index in [2.05, 4.69) is 164 Å². The third-order valence-electron chi connectivity index (χ3n) is 9.05. The summed E-state index contributed by atoms with van der Waals surface area (Å²) in [7, 11) is 0. The van der Waals surface area contributed by atoms with Crippen LogP contribution >= 0.6 is 0 Å². The van der Waals surface area contributed by atoms with Gasteiger partial charge in [-0.05, 0) is 82.3 Å². The molecule has 0 spiro atoms. The van der Waals surface area contributed by atoms with E-state index in [1.54, 1.807) is 0 Å². The minimum atomic E-state index is 0.371. The fourth-order valence-corrected chi connectivity index (χ4v) is 7.00. The average molecular weight is 570 g/mol. The van der Waals surface area contributed by atoms with Crippen LogP contribution in [0.2, 0.25) is 0 Å². The van der Waals surface area contributed by atoms with Gasteiger partial charge in [0, 0.05) is 22.0 Å². The number of hydrogen-bond donors (Lipinski definition) is 0. The minimum Gasteiger partial charge on any atom is -0.309 e. The molecule has 214 valence electrons. The van der Waals surface area contributed by atoms with Gasteiger partial charge in [-0.2, -0.15) is 0 Å². The number of nitrogens with zero attached hydrogens (tertiary/aromatic N) is 3. The van der Waals surface area contributed by atoms with Gasteiger partial charge in [0.1, 0.15) is 5.82 Å². The molecule has 0 atom stereocenters. The Kier molecular flexibility index (Phi) is 6.16. The maximum absolute atomic E-state index is 5.33. The van der Waals surface area contributed by atoms with Crippen LogP contribution in [0.5, 0.6) is 0 Å². The van der Waals surface area contributed by atoms with Crippen LogP contribution in [0, 0.1) is 0 Å². The van der Waals surface area contributed by atoms with Gasteiger partial charge in [0.15, 0.2) is 0 Å². The van der Waals surface area contributed by atoms with Crippen LogP contribution in [0.1, 0.15) is 50.7 Å². The van der Waals surface area contributed by atoms with Crippen molar-refractivity contribution in [2.75, 3.05) is 0 Å². The van der Waals surface area contributed by atoms with Crippen molar-refractivity contribution in [1.82, 2.24) is 14.1 Å². The van der Waals surface area contributed by atoms with E-state index in [9.17, 15) is 0 Å². The summed E-state index contributed by atoms with van der Waals surface area (Å²) in [5.74, 6) is 1.72. The second-order valence-corrected chi connectivity index (χ2v) is 12.4. The van der Waals surface area contributed by atoms with Gasteiger partial charge in [0.25, 0.3) is 0 Å². The standard InChI is InChI=1S/C41H35N3/c1-26(2)31-17-12-18-32(27(3)4)40(31)44-37-20-11-10-19-35(37)42-41(44)29-22-23-36-34(25-29)39-33-16-9-8-13-28(33)21-24-38(39)43(36)30-14-6-5-7-15-30/h5-27H,1-4H3. The highest BCUT2D eigenvalue weighted by Crippen LogP contribution is 2.41. The van der Waals surface area contributed by atoms with Gasteiger partial charge >= 0.3 is 0 Å². The molecule has 0 fully saturated rings. The molecule has 0 saturated heterocycles. The van der Waals surface area contributed by atoms with Gasteiger partial charge in [-0.25, -0.2) is 4.98 Å². The quantitative estimate of drug-likeness (QED) is 0.202. The van der Waals surface area contributed by atoms with Gasteiger partial charge in [-0.1, -0.05) is 107 Å². The summed E-state index contributed by atoms with van der Waals surface area (Å²) in [6.07, 6.45) is 0. The van der Waals surface area contributed by atoms with E-state index in [4.69, 9.17) is 4.98 Å². The van der Waals surface area contributed by atoms with Crippen molar-refractivity contribution >= 4 is 43.6 Å². The highest BCUT2D eigenvalue weighted by molar-refractivity contribution is 6.21. The highest BCUT2D eigenvalue weighted by atomic mass is 15.1. The molecule has 0 radical (unpaired) electrons. The number of fused-ring (bicyclic) bond motifs is 6. The molecule has 0 aliphatic carbocycles. The van der Waals surface area contributed by atoms with Crippen molar-refractivity contribution < 1.29 is 0 Å². The molecule has 44 heavy (non-hydrogen) atoms. The Balaban J connectivity index is 1.49. The van der Waals surface area contributed by atoms with E-state index >= 15 is 0 Å². The van der Waals surface area contributed by atoms with Gasteiger partial charge in [-0.15, -0.1) is 0 Å². The lowest BCUT2D eigenvalue weighted by Crippen LogP contribution is -2.08. The fraction of sp³-hybridized carbons (Fsp3) is 0.146. The number of benzene rings is 6. The van der Waals surface area contributed by atoms with Crippen molar-refractivity contribution in [2.24, 2.45) is 0 Å². The van der Waals surface area contributed by atoms with Gasteiger partial charge in [-0.3, -0.25) is 4.57 Å². The molecule has 0 aliphatic heterocycles. The maximum Gasteiger partial charge on any atom is 0.145 e. The van der Waals surface area contributed by atoms with Crippen LogP contribution in [0.3, 0.4) is 0 Å². The Bertz CT molecular complexity index is 2310. The first-order valence-electron chi connectivity index (χ1n) is 15.6. The second-order valence-electron chi connectivity index (χ2n) is 12.4. The lowest BCUT2D eigenvalue weighted by molar-refractivity contribution is 0.811. The number of hydrogen-bond acceptors (Lipinski definition) is 1. The second kappa shape index (κ2) is 10.2. The number of rotatable bonds is 5. The summed E-state index contributed by atoms with van der Waals surface area (Å²) in [6.45, 7) is 9.16. The molecule has 3 nitrogen and oxygen atoms in total. The summed E-state index contributed by atoms with van der Waals surface area (Å²) in [4.78, 5) is 5.33. The first-order valence-corrected chi connectivity index (χ1v) is 15.6. The van der Waals surface area contributed by atoms with Crippen LogP contribution < -0.4 is 0 Å². The molecule has 0 unspecified atom stereocenters. The molecule has 3 heteroatoms. The number of aromatic nitrogens is 3. The fourth-order valence-electron chi connectivity index (χ4n) is 7.00. The summed E-state index contributed by atoms with van der Waals surface area (Å²) >= 11 is 0. The van der Waals surface area contributed by atoms with E-state index < -0.39 is 0 Å². The predicted octanol–water partition coefficient (Wildman–Crippen LogP) is 11.2. The third-order valence-corrected chi connectivity index (χ3v) is 9.05. The van der Waals surface area contributed by atoms with Gasteiger partial charge < -0.3 is 4.57 Å². The summed E-state index contributed by atoms with van der Waals surface area (Å²) in [6, 6.07) is 46.2. The van der Waals surface area contributed by atoms with E-state index in [0.29, 0.717) is 11.8 Å². The van der Waals surface area contributed by atoms with Crippen LogP contribution in [0.4, 0.5) is 0 Å². The molecule has 0 saturated carbocycles. The average Bonchev–Trinajstić information content (AvgIpc) is 3.60. The first kappa shape index (κ1) is 26.5. The highest BCUT2D eigenvalue weighted by Gasteiger charge is 2.23. The maximum atomic E-state index is 5.33. The summed E-state index contributed by atoms with van der Waals surface area (Å²) in [5, 5.41) is 5.02. The van der Waals surface area contributed by atoms with Gasteiger partial charge in [0.05, 0.1) is 27.8 Å². The molecular weight excluding hydrogens is 534 g/mol. The third kappa shape index (κ3) is 4.00. The first-order chi connectivity index (χ1) is 21.5. The van der Waals surface area contributed by atoms with E-state index in [-0.39, 0.29) is 0 Å². The summed E-state index contributed by atoms with van der Waals surface area (Å²) < 4.78 is 4.82. The predicted molar refractivity (Wildman–Crippen MR) is 187 cm³/mol. The topological polar surface area (TPSA) is 22.8 Å². The van der Waals surface area contributed by atoms with Crippen molar-refractivity contribution in [2.45, 2.75) is 39.5 Å². The van der Waals surface area contributed by atoms with Crippen molar-refractivity contribution in [3.63, 3.8) is 0 Å². The Morgan fingerprint density at radius 2 is 1.20 bits per heavy atom. The smallest absolute Gasteiger partial charge is 0.145 e. The molecule has 0 bridgehead atoms. The Labute approximate surface area is 258 Å². The molecular formula is C41H35N3. The lowest BCUT2D eigenvalue weighted by atomic mass is 9.92. The Morgan fingerprint density at radius 3 is 1.98 bits per heavy atom. The van der Waals surface area contributed by atoms with Crippen molar-refractivity contribution in [1.29, 1.82) is 0 Å². The van der Waals surface area contributed by atoms with E-state index in [0.717, 1.165) is 28.1 Å². The van der Waals surface area contributed by atoms with Crippen molar-refractivity contribution in [3.05, 3.63) is 139 Å². The monoisotopic (exact) mass is 569 g/mol. The minimum absolute atomic E-state index is 0.371. The number of imidazole rings is 1. The van der Waals surface area contributed by atoms with Crippen LogP contribution in [0.25, 0.3) is 66.4 Å².